The monoisotopic (exact) mass is 355 g/mol. The van der Waals surface area contributed by atoms with Crippen LogP contribution < -0.4 is 4.57 Å². The Hall–Kier alpha value is -2.87. The van der Waals surface area contributed by atoms with Gasteiger partial charge in [0, 0.05) is 5.56 Å². The van der Waals surface area contributed by atoms with E-state index in [4.69, 9.17) is 0 Å². The summed E-state index contributed by atoms with van der Waals surface area (Å²) in [7, 11) is 0. The zero-order valence-electron chi connectivity index (χ0n) is 16.9. The Bertz CT molecular complexity index is 1110. The van der Waals surface area contributed by atoms with Crippen LogP contribution in [-0.4, -0.2) is 4.57 Å². The first-order valence-corrected chi connectivity index (χ1v) is 9.58. The Morgan fingerprint density at radius 1 is 0.741 bits per heavy atom. The first-order valence-electron chi connectivity index (χ1n) is 9.58. The van der Waals surface area contributed by atoms with E-state index in [1.807, 2.05) is 0 Å². The second-order valence-electron chi connectivity index (χ2n) is 7.80. The van der Waals surface area contributed by atoms with Gasteiger partial charge >= 0.3 is 0 Å². The van der Waals surface area contributed by atoms with E-state index < -0.39 is 0 Å². The van der Waals surface area contributed by atoms with Crippen molar-refractivity contribution in [3.63, 3.8) is 0 Å². The summed E-state index contributed by atoms with van der Waals surface area (Å²) in [5.41, 5.74) is 11.8. The highest BCUT2D eigenvalue weighted by Gasteiger charge is 2.22. The van der Waals surface area contributed by atoms with E-state index in [0.29, 0.717) is 0 Å². The van der Waals surface area contributed by atoms with E-state index in [9.17, 15) is 0 Å². The number of benzene rings is 3. The van der Waals surface area contributed by atoms with Gasteiger partial charge in [-0.1, -0.05) is 54.1 Å². The predicted octanol–water partition coefficient (Wildman–Crippen LogP) is 5.51. The van der Waals surface area contributed by atoms with Crippen LogP contribution in [0.3, 0.4) is 0 Å². The molecule has 0 atom stereocenters. The van der Waals surface area contributed by atoms with Crippen LogP contribution >= 0.6 is 0 Å². The Balaban J connectivity index is 2.00. The summed E-state index contributed by atoms with van der Waals surface area (Å²) in [4.78, 5) is 0. The van der Waals surface area contributed by atoms with Crippen LogP contribution in [0.5, 0.6) is 0 Å². The van der Waals surface area contributed by atoms with Crippen molar-refractivity contribution in [3.8, 4) is 5.69 Å². The Labute approximate surface area is 161 Å². The van der Waals surface area contributed by atoms with E-state index in [-0.39, 0.29) is 0 Å². The maximum atomic E-state index is 2.39. The summed E-state index contributed by atoms with van der Waals surface area (Å²) >= 11 is 0. The average Bonchev–Trinajstić information content (AvgIpc) is 2.93. The number of nitrogens with zero attached hydrogens (tertiary/aromatic N) is 2. The molecule has 0 aliphatic rings. The van der Waals surface area contributed by atoms with Crippen LogP contribution in [0.4, 0.5) is 0 Å². The van der Waals surface area contributed by atoms with Gasteiger partial charge in [0.05, 0.1) is 0 Å². The van der Waals surface area contributed by atoms with E-state index in [1.165, 1.54) is 50.1 Å². The Kier molecular flexibility index (Phi) is 4.35. The fraction of sp³-hybridized carbons (Fsp3) is 0.240. The molecule has 0 saturated carbocycles. The summed E-state index contributed by atoms with van der Waals surface area (Å²) in [6.07, 6.45) is 2.27. The lowest BCUT2D eigenvalue weighted by Crippen LogP contribution is -2.33. The van der Waals surface area contributed by atoms with Gasteiger partial charge in [0.1, 0.15) is 12.2 Å². The zero-order valence-corrected chi connectivity index (χ0v) is 16.9. The second kappa shape index (κ2) is 6.70. The SMILES string of the molecule is Cc1cc(C)c(-n2c[n+](Cc3ccccc3)c3c(C)cc(C)cc32)c(C)c1. The molecule has 2 heteroatoms. The fourth-order valence-electron chi connectivity index (χ4n) is 4.38. The molecule has 1 aromatic heterocycles. The van der Waals surface area contributed by atoms with Crippen LogP contribution in [0.1, 0.15) is 33.4 Å². The standard InChI is InChI=1S/C25H27N2/c1-17-11-19(3)24(20(4)12-17)27-16-26(15-22-9-7-6-8-10-22)25-21(5)13-18(2)14-23(25)27/h6-14,16H,15H2,1-5H3/q+1. The summed E-state index contributed by atoms with van der Waals surface area (Å²) in [6, 6.07) is 19.8. The van der Waals surface area contributed by atoms with Crippen LogP contribution in [0.2, 0.25) is 0 Å². The van der Waals surface area contributed by atoms with Gasteiger partial charge in [-0.15, -0.1) is 0 Å². The van der Waals surface area contributed by atoms with Crippen LogP contribution in [0, 0.1) is 34.6 Å². The van der Waals surface area contributed by atoms with Gasteiger partial charge in [0.2, 0.25) is 6.33 Å². The molecule has 0 saturated heterocycles. The van der Waals surface area contributed by atoms with Crippen molar-refractivity contribution in [1.82, 2.24) is 4.57 Å². The normalized spacial score (nSPS) is 11.3. The average molecular weight is 356 g/mol. The third-order valence-corrected chi connectivity index (χ3v) is 5.30. The zero-order chi connectivity index (χ0) is 19.1. The number of hydrogen-bond acceptors (Lipinski definition) is 0. The topological polar surface area (TPSA) is 8.81 Å². The maximum absolute atomic E-state index is 2.39. The van der Waals surface area contributed by atoms with Crippen molar-refractivity contribution in [2.75, 3.05) is 0 Å². The molecule has 136 valence electrons. The van der Waals surface area contributed by atoms with Gasteiger partial charge in [-0.2, -0.15) is 4.57 Å². The van der Waals surface area contributed by atoms with E-state index in [1.54, 1.807) is 0 Å². The Morgan fingerprint density at radius 3 is 2.00 bits per heavy atom. The third kappa shape index (κ3) is 3.16. The van der Waals surface area contributed by atoms with Crippen molar-refractivity contribution in [1.29, 1.82) is 0 Å². The highest BCUT2D eigenvalue weighted by atomic mass is 15.1. The van der Waals surface area contributed by atoms with Crippen molar-refractivity contribution in [2.45, 2.75) is 41.2 Å². The smallest absolute Gasteiger partial charge is 0.225 e. The van der Waals surface area contributed by atoms with E-state index >= 15 is 0 Å². The highest BCUT2D eigenvalue weighted by Crippen LogP contribution is 2.27. The van der Waals surface area contributed by atoms with Crippen molar-refractivity contribution in [3.05, 3.63) is 94.3 Å². The largest absolute Gasteiger partial charge is 0.250 e. The van der Waals surface area contributed by atoms with Gasteiger partial charge < -0.3 is 0 Å². The molecule has 27 heavy (non-hydrogen) atoms. The first kappa shape index (κ1) is 17.5. The van der Waals surface area contributed by atoms with Crippen LogP contribution in [0.25, 0.3) is 16.7 Å². The van der Waals surface area contributed by atoms with Gasteiger partial charge in [-0.3, -0.25) is 0 Å². The minimum absolute atomic E-state index is 0.873. The number of imidazole rings is 1. The molecular weight excluding hydrogens is 328 g/mol. The molecule has 1 heterocycles. The quantitative estimate of drug-likeness (QED) is 0.429. The predicted molar refractivity (Wildman–Crippen MR) is 113 cm³/mol. The number of aromatic nitrogens is 2. The van der Waals surface area contributed by atoms with Crippen molar-refractivity contribution >= 4 is 11.0 Å². The fourth-order valence-corrected chi connectivity index (χ4v) is 4.38. The van der Waals surface area contributed by atoms with Crippen LogP contribution in [0.15, 0.2) is 60.9 Å². The molecule has 0 aliphatic carbocycles. The number of rotatable bonds is 3. The van der Waals surface area contributed by atoms with Crippen LogP contribution in [-0.2, 0) is 6.54 Å². The minimum Gasteiger partial charge on any atom is -0.225 e. The lowest BCUT2D eigenvalue weighted by Gasteiger charge is -2.08. The molecule has 0 aliphatic heterocycles. The molecule has 0 spiro atoms. The molecule has 0 radical (unpaired) electrons. The minimum atomic E-state index is 0.873. The molecule has 4 rings (SSSR count). The van der Waals surface area contributed by atoms with Crippen molar-refractivity contribution < 1.29 is 4.57 Å². The summed E-state index contributed by atoms with van der Waals surface area (Å²) in [6.45, 7) is 11.9. The summed E-state index contributed by atoms with van der Waals surface area (Å²) in [5, 5.41) is 0. The maximum Gasteiger partial charge on any atom is 0.250 e. The summed E-state index contributed by atoms with van der Waals surface area (Å²) in [5.74, 6) is 0. The van der Waals surface area contributed by atoms with Gasteiger partial charge in [-0.25, -0.2) is 4.57 Å². The molecule has 0 N–H and O–H groups in total. The van der Waals surface area contributed by atoms with Gasteiger partial charge in [0.25, 0.3) is 0 Å². The molecule has 0 bridgehead atoms. The van der Waals surface area contributed by atoms with E-state index in [0.717, 1.165) is 6.54 Å². The molecular formula is C25H27N2+. The number of hydrogen-bond donors (Lipinski definition) is 0. The molecule has 4 aromatic rings. The molecule has 0 unspecified atom stereocenters. The van der Waals surface area contributed by atoms with Gasteiger partial charge in [-0.05, 0) is 62.9 Å². The summed E-state index contributed by atoms with van der Waals surface area (Å²) < 4.78 is 4.76. The second-order valence-corrected chi connectivity index (χ2v) is 7.80. The first-order chi connectivity index (χ1) is 12.9. The third-order valence-electron chi connectivity index (χ3n) is 5.30. The lowest BCUT2D eigenvalue weighted by atomic mass is 10.0. The Morgan fingerprint density at radius 2 is 1.33 bits per heavy atom. The van der Waals surface area contributed by atoms with Crippen molar-refractivity contribution in [2.24, 2.45) is 0 Å². The molecule has 2 nitrogen and oxygen atoms in total. The van der Waals surface area contributed by atoms with E-state index in [2.05, 4.69) is 105 Å². The molecule has 0 fully saturated rings. The van der Waals surface area contributed by atoms with Gasteiger partial charge in [0.15, 0.2) is 11.0 Å². The number of fused-ring (bicyclic) bond motifs is 1. The molecule has 3 aromatic carbocycles. The molecule has 0 amide bonds. The lowest BCUT2D eigenvalue weighted by molar-refractivity contribution is -0.663. The highest BCUT2D eigenvalue weighted by molar-refractivity contribution is 5.79. The number of aryl methyl sites for hydroxylation is 5.